The summed E-state index contributed by atoms with van der Waals surface area (Å²) in [5.74, 6) is -0.828. The van der Waals surface area contributed by atoms with Gasteiger partial charge in [-0.2, -0.15) is 0 Å². The van der Waals surface area contributed by atoms with E-state index in [-0.39, 0.29) is 24.6 Å². The lowest BCUT2D eigenvalue weighted by Gasteiger charge is -2.08. The minimum atomic E-state index is -0.513. The Balaban J connectivity index is 2.19. The third kappa shape index (κ3) is 6.49. The highest BCUT2D eigenvalue weighted by Crippen LogP contribution is 2.17. The van der Waals surface area contributed by atoms with Crippen molar-refractivity contribution in [3.63, 3.8) is 0 Å². The Hall–Kier alpha value is -1.66. The van der Waals surface area contributed by atoms with Crippen molar-refractivity contribution in [2.24, 2.45) is 0 Å². The van der Waals surface area contributed by atoms with Crippen molar-refractivity contribution in [3.8, 4) is 0 Å². The van der Waals surface area contributed by atoms with Crippen molar-refractivity contribution >= 4 is 17.3 Å². The van der Waals surface area contributed by atoms with Crippen LogP contribution in [0.1, 0.15) is 19.8 Å². The fourth-order valence-electron chi connectivity index (χ4n) is 1.48. The van der Waals surface area contributed by atoms with Crippen LogP contribution in [0.25, 0.3) is 0 Å². The van der Waals surface area contributed by atoms with E-state index in [1.807, 2.05) is 6.92 Å². The quantitative estimate of drug-likeness (QED) is 0.538. The average Bonchev–Trinajstić information content (AvgIpc) is 2.42. The lowest BCUT2D eigenvalue weighted by molar-refractivity contribution is -0.117. The van der Waals surface area contributed by atoms with Crippen LogP contribution in [0.15, 0.2) is 18.2 Å². The predicted molar refractivity (Wildman–Crippen MR) is 76.0 cm³/mol. The van der Waals surface area contributed by atoms with Gasteiger partial charge in [0.05, 0.1) is 31.9 Å². The zero-order chi connectivity index (χ0) is 14.8. The summed E-state index contributed by atoms with van der Waals surface area (Å²) in [7, 11) is 0. The summed E-state index contributed by atoms with van der Waals surface area (Å²) >= 11 is 0. The van der Waals surface area contributed by atoms with Crippen LogP contribution >= 0.6 is 0 Å². The highest BCUT2D eigenvalue weighted by atomic mass is 19.1. The molecule has 0 aliphatic carbocycles. The molecule has 0 saturated heterocycles. The van der Waals surface area contributed by atoms with Gasteiger partial charge in [-0.1, -0.05) is 6.92 Å². The van der Waals surface area contributed by atoms with Gasteiger partial charge in [0.1, 0.15) is 5.82 Å². The summed E-state index contributed by atoms with van der Waals surface area (Å²) in [4.78, 5) is 11.6. The van der Waals surface area contributed by atoms with Crippen LogP contribution in [0.2, 0.25) is 0 Å². The van der Waals surface area contributed by atoms with Crippen LogP contribution in [0.5, 0.6) is 0 Å². The van der Waals surface area contributed by atoms with Gasteiger partial charge in [-0.3, -0.25) is 4.79 Å². The van der Waals surface area contributed by atoms with Crippen molar-refractivity contribution < 1.29 is 18.7 Å². The maximum absolute atomic E-state index is 13.4. The molecule has 0 fully saturated rings. The maximum Gasteiger partial charge on any atom is 0.226 e. The van der Waals surface area contributed by atoms with Crippen LogP contribution in [0.3, 0.4) is 0 Å². The molecule has 1 aromatic rings. The molecule has 0 unspecified atom stereocenters. The number of nitrogens with two attached hydrogens (primary N) is 1. The Morgan fingerprint density at radius 1 is 1.25 bits per heavy atom. The third-order valence-corrected chi connectivity index (χ3v) is 2.46. The van der Waals surface area contributed by atoms with Crippen molar-refractivity contribution in [2.75, 3.05) is 37.5 Å². The molecule has 1 aromatic carbocycles. The first kappa shape index (κ1) is 16.4. The van der Waals surface area contributed by atoms with Crippen molar-refractivity contribution in [2.45, 2.75) is 19.8 Å². The number of ether oxygens (including phenoxy) is 2. The Bertz CT molecular complexity index is 427. The van der Waals surface area contributed by atoms with Gasteiger partial charge in [-0.15, -0.1) is 0 Å². The predicted octanol–water partition coefficient (Wildman–Crippen LogP) is 2.18. The van der Waals surface area contributed by atoms with E-state index in [1.54, 1.807) is 0 Å². The number of rotatable bonds is 9. The summed E-state index contributed by atoms with van der Waals surface area (Å²) in [6.07, 6.45) is 1.12. The number of hydrogen-bond donors (Lipinski definition) is 2. The van der Waals surface area contributed by atoms with Gasteiger partial charge in [0.25, 0.3) is 0 Å². The number of hydrogen-bond acceptors (Lipinski definition) is 4. The number of carbonyl (C=O) groups excluding carboxylic acids is 1. The molecule has 0 spiro atoms. The molecule has 0 atom stereocenters. The minimum absolute atomic E-state index is 0.0845. The molecule has 0 radical (unpaired) electrons. The van der Waals surface area contributed by atoms with Crippen molar-refractivity contribution in [1.29, 1.82) is 0 Å². The molecule has 20 heavy (non-hydrogen) atoms. The van der Waals surface area contributed by atoms with Crippen LogP contribution in [-0.2, 0) is 14.3 Å². The monoisotopic (exact) mass is 284 g/mol. The lowest BCUT2D eigenvalue weighted by atomic mass is 10.2. The molecular weight excluding hydrogens is 263 g/mol. The number of amides is 1. The van der Waals surface area contributed by atoms with Gasteiger partial charge >= 0.3 is 0 Å². The SMILES string of the molecule is CCCOCCOCCC(=O)Nc1cc(N)ccc1F. The summed E-state index contributed by atoms with van der Waals surface area (Å²) < 4.78 is 23.8. The number of nitrogen functional groups attached to an aromatic ring is 1. The summed E-state index contributed by atoms with van der Waals surface area (Å²) in [6.45, 7) is 3.96. The van der Waals surface area contributed by atoms with Gasteiger partial charge in [-0.25, -0.2) is 4.39 Å². The molecule has 0 aliphatic rings. The van der Waals surface area contributed by atoms with Crippen molar-refractivity contribution in [1.82, 2.24) is 0 Å². The first-order valence-electron chi connectivity index (χ1n) is 6.64. The molecule has 6 heteroatoms. The molecule has 0 bridgehead atoms. The molecule has 112 valence electrons. The highest BCUT2D eigenvalue weighted by molar-refractivity contribution is 5.91. The van der Waals surface area contributed by atoms with Gasteiger partial charge in [0.2, 0.25) is 5.91 Å². The lowest BCUT2D eigenvalue weighted by Crippen LogP contribution is -2.16. The van der Waals surface area contributed by atoms with Gasteiger partial charge in [0.15, 0.2) is 0 Å². The molecule has 1 amide bonds. The topological polar surface area (TPSA) is 73.6 Å². The van der Waals surface area contributed by atoms with E-state index in [0.717, 1.165) is 6.42 Å². The maximum atomic E-state index is 13.4. The average molecular weight is 284 g/mol. The number of anilines is 2. The smallest absolute Gasteiger partial charge is 0.226 e. The van der Waals surface area contributed by atoms with Crippen molar-refractivity contribution in [3.05, 3.63) is 24.0 Å². The van der Waals surface area contributed by atoms with Crippen LogP contribution in [-0.4, -0.2) is 32.3 Å². The molecule has 0 aromatic heterocycles. The van der Waals surface area contributed by atoms with E-state index in [4.69, 9.17) is 15.2 Å². The minimum Gasteiger partial charge on any atom is -0.399 e. The van der Waals surface area contributed by atoms with Gasteiger partial charge in [-0.05, 0) is 24.6 Å². The normalized spacial score (nSPS) is 10.5. The van der Waals surface area contributed by atoms with Gasteiger partial charge < -0.3 is 20.5 Å². The van der Waals surface area contributed by atoms with Crippen LogP contribution in [0, 0.1) is 5.82 Å². The fourth-order valence-corrected chi connectivity index (χ4v) is 1.48. The molecule has 0 saturated carbocycles. The van der Waals surface area contributed by atoms with E-state index < -0.39 is 5.82 Å². The molecule has 3 N–H and O–H groups in total. The largest absolute Gasteiger partial charge is 0.399 e. The summed E-state index contributed by atoms with van der Waals surface area (Å²) in [5, 5.41) is 2.46. The molecule has 1 rings (SSSR count). The molecule has 0 aliphatic heterocycles. The zero-order valence-electron chi connectivity index (χ0n) is 11.7. The van der Waals surface area contributed by atoms with Gasteiger partial charge in [0, 0.05) is 12.3 Å². The summed E-state index contributed by atoms with van der Waals surface area (Å²) in [5.41, 5.74) is 6.01. The van der Waals surface area contributed by atoms with Crippen LogP contribution < -0.4 is 11.1 Å². The molecule has 0 heterocycles. The van der Waals surface area contributed by atoms with E-state index in [9.17, 15) is 9.18 Å². The number of nitrogens with one attached hydrogen (secondary N) is 1. The standard InChI is InChI=1S/C14H21FN2O3/c1-2-6-19-8-9-20-7-5-14(18)17-13-10-11(16)3-4-12(13)15/h3-4,10H,2,5-9,16H2,1H3,(H,17,18). The first-order valence-corrected chi connectivity index (χ1v) is 6.64. The Labute approximate surface area is 118 Å². The second-order valence-corrected chi connectivity index (χ2v) is 4.26. The summed E-state index contributed by atoms with van der Waals surface area (Å²) in [6, 6.07) is 4.03. The van der Waals surface area contributed by atoms with Crippen LogP contribution in [0.4, 0.5) is 15.8 Å². The fraction of sp³-hybridized carbons (Fsp3) is 0.500. The molecular formula is C14H21FN2O3. The Morgan fingerprint density at radius 3 is 2.65 bits per heavy atom. The molecule has 5 nitrogen and oxygen atoms in total. The first-order chi connectivity index (χ1) is 9.63. The Morgan fingerprint density at radius 2 is 1.95 bits per heavy atom. The zero-order valence-corrected chi connectivity index (χ0v) is 11.7. The Kier molecular flexibility index (Phi) is 7.60. The van der Waals surface area contributed by atoms with E-state index in [2.05, 4.69) is 5.32 Å². The highest BCUT2D eigenvalue weighted by Gasteiger charge is 2.07. The second kappa shape index (κ2) is 9.28. The number of benzene rings is 1. The van der Waals surface area contributed by atoms with E-state index in [0.29, 0.717) is 25.5 Å². The van der Waals surface area contributed by atoms with E-state index >= 15 is 0 Å². The number of carbonyl (C=O) groups is 1. The second-order valence-electron chi connectivity index (χ2n) is 4.26. The third-order valence-electron chi connectivity index (χ3n) is 2.46. The van der Waals surface area contributed by atoms with E-state index in [1.165, 1.54) is 18.2 Å². The number of halogens is 1.